The molecule has 0 spiro atoms. The number of hydrogen-bond donors (Lipinski definition) is 2. The first-order valence-corrected chi connectivity index (χ1v) is 10.5. The van der Waals surface area contributed by atoms with Crippen molar-refractivity contribution in [2.45, 2.75) is 49.8 Å². The summed E-state index contributed by atoms with van der Waals surface area (Å²) in [5.41, 5.74) is 5.32. The first-order valence-electron chi connectivity index (χ1n) is 8.29. The lowest BCUT2D eigenvalue weighted by Crippen LogP contribution is -2.55. The second-order valence-corrected chi connectivity index (χ2v) is 10.2. The van der Waals surface area contributed by atoms with Gasteiger partial charge < -0.3 is 11.1 Å². The molecule has 3 N–H and O–H groups in total. The maximum Gasteiger partial charge on any atom is 0.252 e. The maximum atomic E-state index is 12.5. The number of carbonyl (C=O) groups is 1. The van der Waals surface area contributed by atoms with Gasteiger partial charge in [-0.25, -0.2) is 8.42 Å². The Morgan fingerprint density at radius 1 is 1.36 bits per heavy atom. The van der Waals surface area contributed by atoms with Gasteiger partial charge in [0.25, 0.3) is 10.0 Å². The highest BCUT2D eigenvalue weighted by atomic mass is 35.5. The largest absolute Gasteiger partial charge is 0.349 e. The quantitative estimate of drug-likeness (QED) is 0.720. The zero-order chi connectivity index (χ0) is 18.0. The summed E-state index contributed by atoms with van der Waals surface area (Å²) in [6, 6.07) is 3.33. The van der Waals surface area contributed by atoms with E-state index in [1.165, 1.54) is 15.6 Å². The van der Waals surface area contributed by atoms with Crippen molar-refractivity contribution < 1.29 is 13.2 Å². The predicted octanol–water partition coefficient (Wildman–Crippen LogP) is 1.99. The fraction of sp³-hybridized carbons (Fsp3) is 0.688. The average Bonchev–Trinajstić information content (AvgIpc) is 3.18. The molecular formula is C16H28ClN3O3S2. The number of nitrogens with zero attached hydrogens (tertiary/aromatic N) is 1. The van der Waals surface area contributed by atoms with E-state index in [1.807, 2.05) is 20.8 Å². The number of halogens is 1. The van der Waals surface area contributed by atoms with Crippen LogP contribution in [0.3, 0.4) is 0 Å². The van der Waals surface area contributed by atoms with Crippen molar-refractivity contribution in [1.29, 1.82) is 0 Å². The van der Waals surface area contributed by atoms with Gasteiger partial charge in [-0.3, -0.25) is 4.79 Å². The molecule has 1 atom stereocenters. The van der Waals surface area contributed by atoms with Crippen LogP contribution >= 0.6 is 23.7 Å². The van der Waals surface area contributed by atoms with Crippen LogP contribution in [0.4, 0.5) is 0 Å². The van der Waals surface area contributed by atoms with Gasteiger partial charge in [0.2, 0.25) is 5.91 Å². The molecule has 0 radical (unpaired) electrons. The van der Waals surface area contributed by atoms with Crippen LogP contribution in [0.2, 0.25) is 0 Å². The Labute approximate surface area is 160 Å². The highest BCUT2D eigenvalue weighted by molar-refractivity contribution is 7.91. The van der Waals surface area contributed by atoms with Crippen LogP contribution in [-0.2, 0) is 21.2 Å². The lowest BCUT2D eigenvalue weighted by molar-refractivity contribution is -0.122. The Morgan fingerprint density at radius 2 is 1.96 bits per heavy atom. The van der Waals surface area contributed by atoms with E-state index in [0.29, 0.717) is 23.8 Å². The number of carbonyl (C=O) groups excluding carboxylic acids is 1. The molecule has 2 rings (SSSR count). The Bertz CT molecular complexity index is 685. The van der Waals surface area contributed by atoms with E-state index in [9.17, 15) is 13.2 Å². The van der Waals surface area contributed by atoms with Crippen molar-refractivity contribution in [3.63, 3.8) is 0 Å². The lowest BCUT2D eigenvalue weighted by atomic mass is 9.88. The number of hydrogen-bond acceptors (Lipinski definition) is 5. The number of rotatable bonds is 7. The highest BCUT2D eigenvalue weighted by Crippen LogP contribution is 2.27. The Morgan fingerprint density at radius 3 is 2.48 bits per heavy atom. The fourth-order valence-corrected chi connectivity index (χ4v) is 5.63. The first kappa shape index (κ1) is 22.4. The summed E-state index contributed by atoms with van der Waals surface area (Å²) in [7, 11) is -3.41. The van der Waals surface area contributed by atoms with Crippen molar-refractivity contribution >= 4 is 39.7 Å². The van der Waals surface area contributed by atoms with Gasteiger partial charge in [-0.05, 0) is 37.8 Å². The zero-order valence-electron chi connectivity index (χ0n) is 14.9. The Balaban J connectivity index is 0.00000312. The van der Waals surface area contributed by atoms with Crippen LogP contribution in [-0.4, -0.2) is 43.8 Å². The molecule has 1 fully saturated rings. The summed E-state index contributed by atoms with van der Waals surface area (Å²) < 4.78 is 26.9. The molecule has 144 valence electrons. The molecular weight excluding hydrogens is 382 g/mol. The van der Waals surface area contributed by atoms with Crippen LogP contribution in [0, 0.1) is 5.92 Å². The van der Waals surface area contributed by atoms with E-state index >= 15 is 0 Å². The minimum absolute atomic E-state index is 0. The van der Waals surface area contributed by atoms with E-state index < -0.39 is 15.6 Å². The van der Waals surface area contributed by atoms with Crippen LogP contribution in [0.5, 0.6) is 0 Å². The van der Waals surface area contributed by atoms with Crippen molar-refractivity contribution in [2.75, 3.05) is 19.6 Å². The second-order valence-electron chi connectivity index (χ2n) is 6.83. The molecule has 1 aromatic heterocycles. The maximum absolute atomic E-state index is 12.5. The van der Waals surface area contributed by atoms with Gasteiger partial charge in [-0.2, -0.15) is 4.31 Å². The van der Waals surface area contributed by atoms with Gasteiger partial charge in [0.1, 0.15) is 4.21 Å². The Hall–Kier alpha value is -0.670. The van der Waals surface area contributed by atoms with E-state index in [1.54, 1.807) is 12.1 Å². The third kappa shape index (κ3) is 5.17. The zero-order valence-corrected chi connectivity index (χ0v) is 17.4. The topological polar surface area (TPSA) is 92.5 Å². The van der Waals surface area contributed by atoms with Crippen LogP contribution in [0.25, 0.3) is 0 Å². The third-order valence-electron chi connectivity index (χ3n) is 4.75. The van der Waals surface area contributed by atoms with E-state index in [2.05, 4.69) is 5.32 Å². The minimum Gasteiger partial charge on any atom is -0.349 e. The summed E-state index contributed by atoms with van der Waals surface area (Å²) in [4.78, 5) is 13.0. The monoisotopic (exact) mass is 409 g/mol. The molecule has 0 bridgehead atoms. The predicted molar refractivity (Wildman–Crippen MR) is 104 cm³/mol. The van der Waals surface area contributed by atoms with Crippen molar-refractivity contribution in [3.8, 4) is 0 Å². The summed E-state index contributed by atoms with van der Waals surface area (Å²) in [5, 5.41) is 2.98. The molecule has 25 heavy (non-hydrogen) atoms. The van der Waals surface area contributed by atoms with Gasteiger partial charge in [-0.1, -0.05) is 13.8 Å². The molecule has 0 aliphatic carbocycles. The first-order chi connectivity index (χ1) is 11.2. The van der Waals surface area contributed by atoms with Crippen LogP contribution < -0.4 is 11.1 Å². The molecule has 0 saturated carbocycles. The smallest absolute Gasteiger partial charge is 0.252 e. The lowest BCUT2D eigenvalue weighted by Gasteiger charge is -2.33. The minimum atomic E-state index is -3.41. The van der Waals surface area contributed by atoms with Crippen LogP contribution in [0.15, 0.2) is 16.3 Å². The number of nitrogens with one attached hydrogen (secondary N) is 1. The summed E-state index contributed by atoms with van der Waals surface area (Å²) >= 11 is 1.18. The van der Waals surface area contributed by atoms with Crippen molar-refractivity contribution in [2.24, 2.45) is 11.7 Å². The number of nitrogens with two attached hydrogens (primary N) is 1. The van der Waals surface area contributed by atoms with Crippen molar-refractivity contribution in [1.82, 2.24) is 9.62 Å². The molecule has 1 saturated heterocycles. The second kappa shape index (κ2) is 8.81. The van der Waals surface area contributed by atoms with E-state index in [0.717, 1.165) is 17.7 Å². The molecule has 6 nitrogen and oxygen atoms in total. The van der Waals surface area contributed by atoms with Gasteiger partial charge in [0, 0.05) is 24.5 Å². The normalized spacial score (nSPS) is 18.0. The molecule has 1 amide bonds. The number of thiophene rings is 1. The molecule has 1 unspecified atom stereocenters. The van der Waals surface area contributed by atoms with Gasteiger partial charge >= 0.3 is 0 Å². The standard InChI is InChI=1S/C16H27N3O3S2.ClH/c1-12(2)16(3,11-17)18-14(20)10-13-6-7-15(23-13)24(21,22)19-8-4-5-9-19;/h6-7,12H,4-5,8-11,17H2,1-3H3,(H,18,20);1H. The van der Waals surface area contributed by atoms with Crippen LogP contribution in [0.1, 0.15) is 38.5 Å². The van der Waals surface area contributed by atoms with E-state index in [-0.39, 0.29) is 30.7 Å². The van der Waals surface area contributed by atoms with Crippen molar-refractivity contribution in [3.05, 3.63) is 17.0 Å². The summed E-state index contributed by atoms with van der Waals surface area (Å²) in [6.45, 7) is 7.47. The fourth-order valence-electron chi connectivity index (χ4n) is 2.60. The summed E-state index contributed by atoms with van der Waals surface area (Å²) in [6.07, 6.45) is 1.99. The van der Waals surface area contributed by atoms with Gasteiger partial charge in [0.15, 0.2) is 0 Å². The Kier molecular flexibility index (Phi) is 7.89. The molecule has 1 aromatic rings. The molecule has 1 aliphatic heterocycles. The molecule has 9 heteroatoms. The number of sulfonamides is 1. The third-order valence-corrected chi connectivity index (χ3v) is 8.21. The van der Waals surface area contributed by atoms with E-state index in [4.69, 9.17) is 5.73 Å². The number of amides is 1. The highest BCUT2D eigenvalue weighted by Gasteiger charge is 2.30. The molecule has 2 heterocycles. The molecule has 1 aliphatic rings. The van der Waals surface area contributed by atoms with Gasteiger partial charge in [0.05, 0.1) is 12.0 Å². The average molecular weight is 410 g/mol. The summed E-state index contributed by atoms with van der Waals surface area (Å²) in [5.74, 6) is 0.0736. The SMILES string of the molecule is CC(C)C(C)(CN)NC(=O)Cc1ccc(S(=O)(=O)N2CCCC2)s1.Cl. The molecule has 0 aromatic carbocycles. The van der Waals surface area contributed by atoms with Gasteiger partial charge in [-0.15, -0.1) is 23.7 Å².